The van der Waals surface area contributed by atoms with Crippen molar-refractivity contribution < 1.29 is 4.74 Å². The standard InChI is InChI=1S/C13H19NO/c1-15-13-5-4-11-3-2-10(6-7-14)8-12(11)9-13/h4-5,9-10H,2-3,6-8,14H2,1H3. The molecule has 0 fully saturated rings. The monoisotopic (exact) mass is 205 g/mol. The fourth-order valence-corrected chi connectivity index (χ4v) is 2.42. The van der Waals surface area contributed by atoms with Crippen LogP contribution in [0.2, 0.25) is 0 Å². The molecule has 2 N–H and O–H groups in total. The highest BCUT2D eigenvalue weighted by Gasteiger charge is 2.18. The summed E-state index contributed by atoms with van der Waals surface area (Å²) in [4.78, 5) is 0. The summed E-state index contributed by atoms with van der Waals surface area (Å²) in [6.07, 6.45) is 4.81. The zero-order valence-corrected chi connectivity index (χ0v) is 9.33. The fourth-order valence-electron chi connectivity index (χ4n) is 2.42. The molecular weight excluding hydrogens is 186 g/mol. The first-order valence-corrected chi connectivity index (χ1v) is 5.69. The number of rotatable bonds is 3. The number of methoxy groups -OCH3 is 1. The van der Waals surface area contributed by atoms with Crippen molar-refractivity contribution in [2.24, 2.45) is 11.7 Å². The van der Waals surface area contributed by atoms with Gasteiger partial charge in [0.25, 0.3) is 0 Å². The Balaban J connectivity index is 2.16. The van der Waals surface area contributed by atoms with Crippen LogP contribution in [-0.2, 0) is 12.8 Å². The number of hydrogen-bond acceptors (Lipinski definition) is 2. The van der Waals surface area contributed by atoms with Crippen LogP contribution < -0.4 is 10.5 Å². The summed E-state index contributed by atoms with van der Waals surface area (Å²) >= 11 is 0. The van der Waals surface area contributed by atoms with E-state index in [1.54, 1.807) is 7.11 Å². The Labute approximate surface area is 91.4 Å². The maximum Gasteiger partial charge on any atom is 0.119 e. The molecule has 0 heterocycles. The first kappa shape index (κ1) is 10.5. The van der Waals surface area contributed by atoms with E-state index >= 15 is 0 Å². The lowest BCUT2D eigenvalue weighted by molar-refractivity contribution is 0.407. The summed E-state index contributed by atoms with van der Waals surface area (Å²) in [6.45, 7) is 0.809. The summed E-state index contributed by atoms with van der Waals surface area (Å²) in [6, 6.07) is 6.44. The molecule has 2 nitrogen and oxygen atoms in total. The van der Waals surface area contributed by atoms with Gasteiger partial charge >= 0.3 is 0 Å². The maximum atomic E-state index is 5.61. The second-order valence-corrected chi connectivity index (χ2v) is 4.32. The normalized spacial score (nSPS) is 19.7. The molecule has 1 atom stereocenters. The van der Waals surface area contributed by atoms with E-state index in [-0.39, 0.29) is 0 Å². The van der Waals surface area contributed by atoms with Crippen LogP contribution in [0.3, 0.4) is 0 Å². The lowest BCUT2D eigenvalue weighted by Gasteiger charge is -2.24. The van der Waals surface area contributed by atoms with Gasteiger partial charge in [-0.2, -0.15) is 0 Å². The van der Waals surface area contributed by atoms with Crippen molar-refractivity contribution in [1.82, 2.24) is 0 Å². The fraction of sp³-hybridized carbons (Fsp3) is 0.538. The number of benzene rings is 1. The number of nitrogens with two attached hydrogens (primary N) is 1. The first-order valence-electron chi connectivity index (χ1n) is 5.69. The van der Waals surface area contributed by atoms with Gasteiger partial charge in [0.1, 0.15) is 5.75 Å². The summed E-state index contributed by atoms with van der Waals surface area (Å²) in [5.41, 5.74) is 8.56. The van der Waals surface area contributed by atoms with Crippen molar-refractivity contribution in [2.75, 3.05) is 13.7 Å². The van der Waals surface area contributed by atoms with Crippen molar-refractivity contribution in [3.05, 3.63) is 29.3 Å². The van der Waals surface area contributed by atoms with E-state index in [9.17, 15) is 0 Å². The van der Waals surface area contributed by atoms with Gasteiger partial charge in [-0.1, -0.05) is 6.07 Å². The van der Waals surface area contributed by atoms with Crippen LogP contribution in [0, 0.1) is 5.92 Å². The topological polar surface area (TPSA) is 35.2 Å². The number of hydrogen-bond donors (Lipinski definition) is 1. The van der Waals surface area contributed by atoms with E-state index in [2.05, 4.69) is 18.2 Å². The molecule has 0 saturated carbocycles. The zero-order chi connectivity index (χ0) is 10.7. The van der Waals surface area contributed by atoms with Crippen LogP contribution in [0.25, 0.3) is 0 Å². The number of ether oxygens (including phenoxy) is 1. The lowest BCUT2D eigenvalue weighted by atomic mass is 9.82. The van der Waals surface area contributed by atoms with Crippen LogP contribution in [0.1, 0.15) is 24.0 Å². The molecule has 0 spiro atoms. The SMILES string of the molecule is COc1ccc2c(c1)CC(CCN)CC2. The summed E-state index contributed by atoms with van der Waals surface area (Å²) in [5, 5.41) is 0. The van der Waals surface area contributed by atoms with Gasteiger partial charge in [-0.15, -0.1) is 0 Å². The highest BCUT2D eigenvalue weighted by molar-refractivity contribution is 5.37. The Morgan fingerprint density at radius 3 is 3.00 bits per heavy atom. The molecule has 2 heteroatoms. The highest BCUT2D eigenvalue weighted by atomic mass is 16.5. The van der Waals surface area contributed by atoms with Crippen molar-refractivity contribution >= 4 is 0 Å². The number of aryl methyl sites for hydroxylation is 1. The molecule has 1 aromatic rings. The highest BCUT2D eigenvalue weighted by Crippen LogP contribution is 2.29. The van der Waals surface area contributed by atoms with Crippen molar-refractivity contribution in [3.63, 3.8) is 0 Å². The van der Waals surface area contributed by atoms with E-state index in [0.717, 1.165) is 24.6 Å². The quantitative estimate of drug-likeness (QED) is 0.820. The second-order valence-electron chi connectivity index (χ2n) is 4.32. The van der Waals surface area contributed by atoms with Gasteiger partial charge < -0.3 is 10.5 Å². The van der Waals surface area contributed by atoms with Gasteiger partial charge in [0.2, 0.25) is 0 Å². The van der Waals surface area contributed by atoms with Gasteiger partial charge in [0.05, 0.1) is 7.11 Å². The molecule has 15 heavy (non-hydrogen) atoms. The molecule has 0 aromatic heterocycles. The third-order valence-electron chi connectivity index (χ3n) is 3.32. The van der Waals surface area contributed by atoms with Gasteiger partial charge in [-0.3, -0.25) is 0 Å². The zero-order valence-electron chi connectivity index (χ0n) is 9.33. The largest absolute Gasteiger partial charge is 0.497 e. The first-order chi connectivity index (χ1) is 7.33. The summed E-state index contributed by atoms with van der Waals surface area (Å²) in [7, 11) is 1.72. The van der Waals surface area contributed by atoms with E-state index in [1.165, 1.54) is 30.4 Å². The Morgan fingerprint density at radius 1 is 1.40 bits per heavy atom. The molecule has 1 aromatic carbocycles. The minimum Gasteiger partial charge on any atom is -0.497 e. The molecule has 1 unspecified atom stereocenters. The molecule has 1 aliphatic carbocycles. The summed E-state index contributed by atoms with van der Waals surface area (Å²) in [5.74, 6) is 1.75. The predicted molar refractivity (Wildman–Crippen MR) is 62.2 cm³/mol. The van der Waals surface area contributed by atoms with E-state index < -0.39 is 0 Å². The maximum absolute atomic E-state index is 5.61. The van der Waals surface area contributed by atoms with Crippen molar-refractivity contribution in [2.45, 2.75) is 25.7 Å². The Morgan fingerprint density at radius 2 is 2.27 bits per heavy atom. The number of fused-ring (bicyclic) bond motifs is 1. The van der Waals surface area contributed by atoms with E-state index in [0.29, 0.717) is 0 Å². The lowest BCUT2D eigenvalue weighted by Crippen LogP contribution is -2.17. The van der Waals surface area contributed by atoms with Crippen LogP contribution in [0.15, 0.2) is 18.2 Å². The molecule has 2 rings (SSSR count). The molecule has 0 bridgehead atoms. The van der Waals surface area contributed by atoms with Crippen molar-refractivity contribution in [1.29, 1.82) is 0 Å². The van der Waals surface area contributed by atoms with Gasteiger partial charge in [-0.25, -0.2) is 0 Å². The molecule has 0 radical (unpaired) electrons. The van der Waals surface area contributed by atoms with E-state index in [1.807, 2.05) is 0 Å². The van der Waals surface area contributed by atoms with Crippen LogP contribution in [0.5, 0.6) is 5.75 Å². The van der Waals surface area contributed by atoms with Crippen LogP contribution in [-0.4, -0.2) is 13.7 Å². The average molecular weight is 205 g/mol. The second kappa shape index (κ2) is 4.67. The van der Waals surface area contributed by atoms with Crippen molar-refractivity contribution in [3.8, 4) is 5.75 Å². The molecule has 0 aliphatic heterocycles. The predicted octanol–water partition coefficient (Wildman–Crippen LogP) is 2.15. The van der Waals surface area contributed by atoms with E-state index in [4.69, 9.17) is 10.5 Å². The smallest absolute Gasteiger partial charge is 0.119 e. The molecule has 1 aliphatic rings. The molecule has 0 amide bonds. The minimum atomic E-state index is 0.773. The molecule has 82 valence electrons. The Kier molecular flexibility index (Phi) is 3.27. The van der Waals surface area contributed by atoms with Gasteiger partial charge in [-0.05, 0) is 61.4 Å². The van der Waals surface area contributed by atoms with Crippen LogP contribution >= 0.6 is 0 Å². The summed E-state index contributed by atoms with van der Waals surface area (Å²) < 4.78 is 5.25. The Bertz CT molecular complexity index is 335. The Hall–Kier alpha value is -1.02. The van der Waals surface area contributed by atoms with Gasteiger partial charge in [0, 0.05) is 0 Å². The molecular formula is C13H19NO. The van der Waals surface area contributed by atoms with Crippen LogP contribution in [0.4, 0.5) is 0 Å². The molecule has 0 saturated heterocycles. The minimum absolute atomic E-state index is 0.773. The average Bonchev–Trinajstić information content (AvgIpc) is 2.28. The van der Waals surface area contributed by atoms with Gasteiger partial charge in [0.15, 0.2) is 0 Å². The third-order valence-corrected chi connectivity index (χ3v) is 3.32. The third kappa shape index (κ3) is 2.32.